The van der Waals surface area contributed by atoms with Crippen LogP contribution >= 0.6 is 15.9 Å². The van der Waals surface area contributed by atoms with Crippen LogP contribution in [0.5, 0.6) is 0 Å². The minimum absolute atomic E-state index is 0.0798. The number of rotatable bonds is 6. The molecule has 0 spiro atoms. The van der Waals surface area contributed by atoms with Crippen LogP contribution in [0.15, 0.2) is 47.1 Å². The number of hydrogen-bond acceptors (Lipinski definition) is 2. The maximum atomic E-state index is 13.3. The highest BCUT2D eigenvalue weighted by atomic mass is 79.9. The summed E-state index contributed by atoms with van der Waals surface area (Å²) in [4.78, 5) is 29.9. The average molecular weight is 446 g/mol. The Morgan fingerprint density at radius 1 is 1.14 bits per heavy atom. The highest BCUT2D eigenvalue weighted by Crippen LogP contribution is 2.23. The first-order valence-electron chi connectivity index (χ1n) is 10.1. The number of halogens is 1. The molecule has 28 heavy (non-hydrogen) atoms. The Balaban J connectivity index is 1.69. The minimum Gasteiger partial charge on any atom is -0.343 e. The van der Waals surface area contributed by atoms with Crippen molar-refractivity contribution in [1.29, 1.82) is 0 Å². The quantitative estimate of drug-likeness (QED) is 0.659. The van der Waals surface area contributed by atoms with E-state index >= 15 is 0 Å². The van der Waals surface area contributed by atoms with Gasteiger partial charge < -0.3 is 14.4 Å². The maximum absolute atomic E-state index is 13.3. The van der Waals surface area contributed by atoms with E-state index in [4.69, 9.17) is 0 Å². The maximum Gasteiger partial charge on any atom is 0.270 e. The van der Waals surface area contributed by atoms with E-state index in [1.165, 1.54) is 0 Å². The molecule has 2 aromatic rings. The molecule has 6 heteroatoms. The minimum atomic E-state index is 0.0798. The second-order valence-electron chi connectivity index (χ2n) is 7.22. The molecule has 1 aliphatic rings. The predicted octanol–water partition coefficient (Wildman–Crippen LogP) is 4.43. The second kappa shape index (κ2) is 9.41. The summed E-state index contributed by atoms with van der Waals surface area (Å²) < 4.78 is 2.92. The van der Waals surface area contributed by atoms with Crippen molar-refractivity contribution in [2.45, 2.75) is 45.7 Å². The van der Waals surface area contributed by atoms with Crippen molar-refractivity contribution in [2.24, 2.45) is 0 Å². The van der Waals surface area contributed by atoms with Crippen molar-refractivity contribution in [3.63, 3.8) is 0 Å². The number of nitrogens with zero attached hydrogens (tertiary/aromatic N) is 3. The van der Waals surface area contributed by atoms with Gasteiger partial charge in [-0.2, -0.15) is 0 Å². The molecular formula is C22H28BrN3O2. The largest absolute Gasteiger partial charge is 0.343 e. The lowest BCUT2D eigenvalue weighted by molar-refractivity contribution is 0.0512. The molecular weight excluding hydrogens is 418 g/mol. The second-order valence-corrected chi connectivity index (χ2v) is 8.13. The third kappa shape index (κ3) is 4.49. The molecule has 0 unspecified atom stereocenters. The van der Waals surface area contributed by atoms with E-state index in [9.17, 15) is 9.59 Å². The van der Waals surface area contributed by atoms with Gasteiger partial charge in [-0.15, -0.1) is 0 Å². The molecule has 5 nitrogen and oxygen atoms in total. The average Bonchev–Trinajstić information content (AvgIpc) is 3.12. The summed E-state index contributed by atoms with van der Waals surface area (Å²) in [6, 6.07) is 11.5. The van der Waals surface area contributed by atoms with Gasteiger partial charge in [0, 0.05) is 48.5 Å². The summed E-state index contributed by atoms with van der Waals surface area (Å²) in [5.41, 5.74) is 1.46. The smallest absolute Gasteiger partial charge is 0.270 e. The summed E-state index contributed by atoms with van der Waals surface area (Å²) in [5, 5.41) is 0. The van der Waals surface area contributed by atoms with Gasteiger partial charge in [-0.25, -0.2) is 0 Å². The van der Waals surface area contributed by atoms with Crippen LogP contribution in [0.1, 0.15) is 54.0 Å². The molecule has 0 radical (unpaired) electrons. The Hall–Kier alpha value is -2.08. The summed E-state index contributed by atoms with van der Waals surface area (Å²) in [5.74, 6) is 0.165. The van der Waals surface area contributed by atoms with Crippen molar-refractivity contribution < 1.29 is 9.59 Å². The van der Waals surface area contributed by atoms with E-state index in [0.29, 0.717) is 13.1 Å². The first-order valence-corrected chi connectivity index (χ1v) is 10.8. The van der Waals surface area contributed by atoms with Crippen molar-refractivity contribution >= 4 is 27.7 Å². The van der Waals surface area contributed by atoms with Crippen LogP contribution in [-0.4, -0.2) is 51.9 Å². The predicted molar refractivity (Wildman–Crippen MR) is 115 cm³/mol. The molecule has 0 bridgehead atoms. The highest BCUT2D eigenvalue weighted by molar-refractivity contribution is 9.10. The van der Waals surface area contributed by atoms with Crippen LogP contribution in [0.4, 0.5) is 0 Å². The van der Waals surface area contributed by atoms with Crippen LogP contribution in [0.3, 0.4) is 0 Å². The Bertz CT molecular complexity index is 810. The van der Waals surface area contributed by atoms with E-state index in [1.807, 2.05) is 63.9 Å². The number of benzene rings is 1. The fraction of sp³-hybridized carbons (Fsp3) is 0.455. The molecule has 1 aromatic heterocycles. The van der Waals surface area contributed by atoms with E-state index in [1.54, 1.807) is 0 Å². The number of amides is 2. The lowest BCUT2D eigenvalue weighted by atomic mass is 10.0. The Morgan fingerprint density at radius 3 is 2.43 bits per heavy atom. The molecule has 2 heterocycles. The number of carbonyl (C=O) groups excluding carboxylic acids is 2. The third-order valence-corrected chi connectivity index (χ3v) is 5.80. The van der Waals surface area contributed by atoms with Crippen LogP contribution in [-0.2, 0) is 6.54 Å². The summed E-state index contributed by atoms with van der Waals surface area (Å²) in [6.07, 6.45) is 4.51. The molecule has 0 saturated carbocycles. The van der Waals surface area contributed by atoms with E-state index in [0.717, 1.165) is 48.1 Å². The van der Waals surface area contributed by atoms with E-state index in [-0.39, 0.29) is 17.9 Å². The van der Waals surface area contributed by atoms with Gasteiger partial charge >= 0.3 is 0 Å². The topological polar surface area (TPSA) is 45.6 Å². The monoisotopic (exact) mass is 445 g/mol. The van der Waals surface area contributed by atoms with Gasteiger partial charge in [-0.3, -0.25) is 9.59 Å². The molecule has 150 valence electrons. The standard InChI is InChI=1S/C22H28BrN3O2/c1-3-12-26(22(28)20-15-18(23)16-24(20)4-2)19-10-13-25(14-11-19)21(27)17-8-6-5-7-9-17/h5-9,15-16,19H,3-4,10-14H2,1-2H3. The number of hydrogen-bond donors (Lipinski definition) is 0. The summed E-state index contributed by atoms with van der Waals surface area (Å²) in [7, 11) is 0. The molecule has 1 aromatic carbocycles. The van der Waals surface area contributed by atoms with Gasteiger partial charge in [0.25, 0.3) is 11.8 Å². The number of aryl methyl sites for hydroxylation is 1. The van der Waals surface area contributed by atoms with Crippen molar-refractivity contribution in [3.05, 3.63) is 58.3 Å². The molecule has 1 aliphatic heterocycles. The van der Waals surface area contributed by atoms with Crippen LogP contribution in [0, 0.1) is 0 Å². The number of aromatic nitrogens is 1. The first kappa shape index (κ1) is 20.6. The van der Waals surface area contributed by atoms with Crippen molar-refractivity contribution in [2.75, 3.05) is 19.6 Å². The zero-order chi connectivity index (χ0) is 20.1. The molecule has 2 amide bonds. The SMILES string of the molecule is CCCN(C(=O)c1cc(Br)cn1CC)C1CCN(C(=O)c2ccccc2)CC1. The fourth-order valence-electron chi connectivity index (χ4n) is 3.90. The Kier molecular flexibility index (Phi) is 6.94. The summed E-state index contributed by atoms with van der Waals surface area (Å²) in [6.45, 7) is 7.01. The lowest BCUT2D eigenvalue weighted by Gasteiger charge is -2.38. The zero-order valence-corrected chi connectivity index (χ0v) is 18.2. The Morgan fingerprint density at radius 2 is 1.82 bits per heavy atom. The van der Waals surface area contributed by atoms with Crippen molar-refractivity contribution in [3.8, 4) is 0 Å². The van der Waals surface area contributed by atoms with Gasteiger partial charge in [0.15, 0.2) is 0 Å². The van der Waals surface area contributed by atoms with Gasteiger partial charge in [0.05, 0.1) is 0 Å². The van der Waals surface area contributed by atoms with Crippen molar-refractivity contribution in [1.82, 2.24) is 14.4 Å². The molecule has 1 fully saturated rings. The zero-order valence-electron chi connectivity index (χ0n) is 16.6. The molecule has 0 atom stereocenters. The molecule has 0 N–H and O–H groups in total. The molecule has 0 aliphatic carbocycles. The van der Waals surface area contributed by atoms with E-state index < -0.39 is 0 Å². The highest BCUT2D eigenvalue weighted by Gasteiger charge is 2.31. The number of carbonyl (C=O) groups is 2. The van der Waals surface area contributed by atoms with Crippen LogP contribution < -0.4 is 0 Å². The molecule has 1 saturated heterocycles. The lowest BCUT2D eigenvalue weighted by Crippen LogP contribution is -2.49. The van der Waals surface area contributed by atoms with E-state index in [2.05, 4.69) is 22.9 Å². The third-order valence-electron chi connectivity index (χ3n) is 5.36. The van der Waals surface area contributed by atoms with Crippen LogP contribution in [0.2, 0.25) is 0 Å². The first-order chi connectivity index (χ1) is 13.5. The summed E-state index contributed by atoms with van der Waals surface area (Å²) >= 11 is 3.49. The number of piperidine rings is 1. The van der Waals surface area contributed by atoms with Gasteiger partial charge in [-0.05, 0) is 60.3 Å². The molecule has 3 rings (SSSR count). The fourth-order valence-corrected chi connectivity index (χ4v) is 4.36. The number of likely N-dealkylation sites (tertiary alicyclic amines) is 1. The van der Waals surface area contributed by atoms with Gasteiger partial charge in [0.2, 0.25) is 0 Å². The van der Waals surface area contributed by atoms with Gasteiger partial charge in [-0.1, -0.05) is 25.1 Å². The Labute approximate surface area is 175 Å². The van der Waals surface area contributed by atoms with Gasteiger partial charge in [0.1, 0.15) is 5.69 Å². The normalized spacial score (nSPS) is 14.9. The van der Waals surface area contributed by atoms with Crippen LogP contribution in [0.25, 0.3) is 0 Å².